The number of hydrogen-bond acceptors (Lipinski definition) is 4. The van der Waals surface area contributed by atoms with E-state index in [0.29, 0.717) is 50.3 Å². The van der Waals surface area contributed by atoms with Gasteiger partial charge in [0.2, 0.25) is 0 Å². The predicted octanol–water partition coefficient (Wildman–Crippen LogP) is 5.61. The van der Waals surface area contributed by atoms with Gasteiger partial charge in [0, 0.05) is 44.9 Å². The van der Waals surface area contributed by atoms with Crippen LogP contribution in [-0.2, 0) is 9.59 Å². The van der Waals surface area contributed by atoms with Crippen LogP contribution >= 0.6 is 23.2 Å². The van der Waals surface area contributed by atoms with Crippen LogP contribution in [0.1, 0.15) is 37.7 Å². The fourth-order valence-electron chi connectivity index (χ4n) is 4.27. The Kier molecular flexibility index (Phi) is 6.08. The number of allylic oxidation sites excluding steroid dienone is 3. The maximum atomic E-state index is 13.5. The van der Waals surface area contributed by atoms with Crippen LogP contribution in [-0.4, -0.2) is 18.8 Å². The molecule has 2 aliphatic rings. The highest BCUT2D eigenvalue weighted by molar-refractivity contribution is 6.35. The number of anilines is 1. The molecule has 5 nitrogen and oxygen atoms in total. The van der Waals surface area contributed by atoms with E-state index in [4.69, 9.17) is 27.9 Å². The van der Waals surface area contributed by atoms with Crippen LogP contribution in [0.4, 0.5) is 5.69 Å². The van der Waals surface area contributed by atoms with E-state index in [2.05, 4.69) is 10.6 Å². The number of Topliss-reactive ketones (excluding diaryl/α,β-unsaturated/α-hetero) is 1. The molecule has 0 unspecified atom stereocenters. The van der Waals surface area contributed by atoms with Gasteiger partial charge >= 0.3 is 0 Å². The summed E-state index contributed by atoms with van der Waals surface area (Å²) >= 11 is 12.7. The van der Waals surface area contributed by atoms with Crippen molar-refractivity contribution in [1.29, 1.82) is 0 Å². The average molecular weight is 457 g/mol. The van der Waals surface area contributed by atoms with Crippen LogP contribution in [0, 0.1) is 0 Å². The molecule has 0 aromatic heterocycles. The molecule has 0 fully saturated rings. The van der Waals surface area contributed by atoms with Gasteiger partial charge in [-0.25, -0.2) is 0 Å². The molecule has 160 valence electrons. The SMILES string of the molecule is COc1ccccc1NC(=O)C1=C(C)NC2=C(C(=O)CCC2)[C@H]1c1ccc(Cl)cc1Cl. The molecule has 7 heteroatoms. The van der Waals surface area contributed by atoms with Crippen LogP contribution in [0.2, 0.25) is 10.0 Å². The average Bonchev–Trinajstić information content (AvgIpc) is 2.73. The van der Waals surface area contributed by atoms with Crippen LogP contribution in [0.3, 0.4) is 0 Å². The number of methoxy groups -OCH3 is 1. The lowest BCUT2D eigenvalue weighted by atomic mass is 9.75. The minimum Gasteiger partial charge on any atom is -0.495 e. The van der Waals surface area contributed by atoms with Gasteiger partial charge in [0.25, 0.3) is 5.91 Å². The predicted molar refractivity (Wildman–Crippen MR) is 123 cm³/mol. The van der Waals surface area contributed by atoms with E-state index in [1.807, 2.05) is 19.1 Å². The number of ether oxygens (including phenoxy) is 1. The monoisotopic (exact) mass is 456 g/mol. The first-order valence-electron chi connectivity index (χ1n) is 10.0. The van der Waals surface area contributed by atoms with Crippen molar-refractivity contribution in [3.63, 3.8) is 0 Å². The maximum Gasteiger partial charge on any atom is 0.254 e. The standard InChI is InChI=1S/C24H22Cl2N2O3/c1-13-21(24(30)28-17-6-3-4-9-20(17)31-2)22(15-11-10-14(25)12-16(15)26)23-18(27-13)7-5-8-19(23)29/h3-4,6,9-12,22,27H,5,7-8H2,1-2H3,(H,28,30)/t22-/m0/s1. The van der Waals surface area contributed by atoms with E-state index in [1.54, 1.807) is 37.4 Å². The Bertz CT molecular complexity index is 1140. The van der Waals surface area contributed by atoms with Crippen molar-refractivity contribution in [2.45, 2.75) is 32.1 Å². The Labute approximate surface area is 191 Å². The first-order chi connectivity index (χ1) is 14.9. The number of amides is 1. The van der Waals surface area contributed by atoms with Crippen LogP contribution < -0.4 is 15.4 Å². The Morgan fingerprint density at radius 2 is 1.94 bits per heavy atom. The number of para-hydroxylation sites is 2. The van der Waals surface area contributed by atoms with Crippen molar-refractivity contribution in [3.05, 3.63) is 80.6 Å². The smallest absolute Gasteiger partial charge is 0.254 e. The number of hydrogen-bond donors (Lipinski definition) is 2. The van der Waals surface area contributed by atoms with Crippen molar-refractivity contribution in [2.75, 3.05) is 12.4 Å². The topological polar surface area (TPSA) is 67.4 Å². The van der Waals surface area contributed by atoms with Gasteiger partial charge in [0.1, 0.15) is 5.75 Å². The molecule has 1 amide bonds. The van der Waals surface area contributed by atoms with Crippen molar-refractivity contribution < 1.29 is 14.3 Å². The van der Waals surface area contributed by atoms with E-state index < -0.39 is 5.92 Å². The lowest BCUT2D eigenvalue weighted by Gasteiger charge is -2.35. The van der Waals surface area contributed by atoms with Gasteiger partial charge in [-0.15, -0.1) is 0 Å². The zero-order valence-corrected chi connectivity index (χ0v) is 18.7. The Morgan fingerprint density at radius 1 is 1.16 bits per heavy atom. The van der Waals surface area contributed by atoms with Crippen LogP contribution in [0.25, 0.3) is 0 Å². The number of ketones is 1. The highest BCUT2D eigenvalue weighted by Crippen LogP contribution is 2.45. The fourth-order valence-corrected chi connectivity index (χ4v) is 4.79. The minimum atomic E-state index is -0.580. The third-order valence-electron chi connectivity index (χ3n) is 5.65. The Morgan fingerprint density at radius 3 is 2.68 bits per heavy atom. The van der Waals surface area contributed by atoms with Gasteiger partial charge < -0.3 is 15.4 Å². The third-order valence-corrected chi connectivity index (χ3v) is 6.21. The lowest BCUT2D eigenvalue weighted by Crippen LogP contribution is -2.35. The highest BCUT2D eigenvalue weighted by Gasteiger charge is 2.39. The lowest BCUT2D eigenvalue weighted by molar-refractivity contribution is -0.116. The van der Waals surface area contributed by atoms with Crippen molar-refractivity contribution in [2.24, 2.45) is 0 Å². The highest BCUT2D eigenvalue weighted by atomic mass is 35.5. The molecular formula is C24H22Cl2N2O3. The summed E-state index contributed by atoms with van der Waals surface area (Å²) in [4.78, 5) is 26.5. The van der Waals surface area contributed by atoms with Gasteiger partial charge in [0.05, 0.1) is 12.8 Å². The van der Waals surface area contributed by atoms with E-state index in [0.717, 1.165) is 18.5 Å². The summed E-state index contributed by atoms with van der Waals surface area (Å²) in [7, 11) is 1.55. The largest absolute Gasteiger partial charge is 0.495 e. The van der Waals surface area contributed by atoms with Crippen molar-refractivity contribution in [3.8, 4) is 5.75 Å². The second kappa shape index (κ2) is 8.77. The van der Waals surface area contributed by atoms with Crippen molar-refractivity contribution in [1.82, 2.24) is 5.32 Å². The molecule has 1 aliphatic carbocycles. The molecular weight excluding hydrogens is 435 g/mol. The fraction of sp³-hybridized carbons (Fsp3) is 0.250. The number of nitrogens with one attached hydrogen (secondary N) is 2. The zero-order chi connectivity index (χ0) is 22.1. The maximum absolute atomic E-state index is 13.5. The first kappa shape index (κ1) is 21.5. The van der Waals surface area contributed by atoms with E-state index >= 15 is 0 Å². The van der Waals surface area contributed by atoms with Crippen LogP contribution in [0.5, 0.6) is 5.75 Å². The summed E-state index contributed by atoms with van der Waals surface area (Å²) in [6, 6.07) is 12.3. The quantitative estimate of drug-likeness (QED) is 0.627. The molecule has 0 saturated carbocycles. The number of dihydropyridines is 1. The number of carbonyl (C=O) groups is 2. The molecule has 0 spiro atoms. The Balaban J connectivity index is 1.82. The first-order valence-corrected chi connectivity index (χ1v) is 10.8. The molecule has 1 heterocycles. The van der Waals surface area contributed by atoms with Crippen molar-refractivity contribution >= 4 is 40.6 Å². The van der Waals surface area contributed by atoms with E-state index in [1.165, 1.54) is 0 Å². The number of rotatable bonds is 4. The number of carbonyl (C=O) groups excluding carboxylic acids is 2. The van der Waals surface area contributed by atoms with Gasteiger partial charge in [-0.1, -0.05) is 41.4 Å². The molecule has 1 atom stereocenters. The van der Waals surface area contributed by atoms with Gasteiger partial charge in [0.15, 0.2) is 5.78 Å². The summed E-state index contributed by atoms with van der Waals surface area (Å²) in [6.45, 7) is 1.84. The minimum absolute atomic E-state index is 0.0276. The van der Waals surface area contributed by atoms with Crippen LogP contribution in [0.15, 0.2) is 65.0 Å². The molecule has 0 bridgehead atoms. The molecule has 0 saturated heterocycles. The van der Waals surface area contributed by atoms with Gasteiger partial charge in [-0.3, -0.25) is 9.59 Å². The molecule has 2 aromatic rings. The second-order valence-corrected chi connectivity index (χ2v) is 8.43. The molecule has 4 rings (SSSR count). The zero-order valence-electron chi connectivity index (χ0n) is 17.2. The molecule has 2 aromatic carbocycles. The molecule has 1 aliphatic heterocycles. The third kappa shape index (κ3) is 4.08. The summed E-state index contributed by atoms with van der Waals surface area (Å²) in [6.07, 6.45) is 1.98. The summed E-state index contributed by atoms with van der Waals surface area (Å²) in [5.41, 5.74) is 3.83. The van der Waals surface area contributed by atoms with Gasteiger partial charge in [-0.2, -0.15) is 0 Å². The Hall–Kier alpha value is -2.76. The summed E-state index contributed by atoms with van der Waals surface area (Å²) in [5.74, 6) is -0.327. The van der Waals surface area contributed by atoms with E-state index in [-0.39, 0.29) is 11.7 Å². The number of halogens is 2. The van der Waals surface area contributed by atoms with Gasteiger partial charge in [-0.05, 0) is 49.6 Å². The summed E-state index contributed by atoms with van der Waals surface area (Å²) in [5, 5.41) is 7.15. The van der Waals surface area contributed by atoms with E-state index in [9.17, 15) is 9.59 Å². The second-order valence-electron chi connectivity index (χ2n) is 7.59. The summed E-state index contributed by atoms with van der Waals surface area (Å²) < 4.78 is 5.36. The molecule has 0 radical (unpaired) electrons. The number of benzene rings is 2. The molecule has 2 N–H and O–H groups in total. The normalized spacial score (nSPS) is 18.5. The molecule has 31 heavy (non-hydrogen) atoms.